The number of nitrogens with zero attached hydrogens (tertiary/aromatic N) is 1. The fraction of sp³-hybridized carbons (Fsp3) is 0.133. The van der Waals surface area contributed by atoms with Crippen LogP contribution >= 0.6 is 0 Å². The molecule has 2 rings (SSSR count). The second kappa shape index (κ2) is 5.97. The van der Waals surface area contributed by atoms with Gasteiger partial charge >= 0.3 is 0 Å². The lowest BCUT2D eigenvalue weighted by atomic mass is 10.3. The smallest absolute Gasteiger partial charge is 0.300 e. The fourth-order valence-corrected chi connectivity index (χ4v) is 1.73. The molecule has 0 saturated heterocycles. The summed E-state index contributed by atoms with van der Waals surface area (Å²) >= 11 is 0. The van der Waals surface area contributed by atoms with Crippen molar-refractivity contribution in [2.75, 3.05) is 19.5 Å². The highest BCUT2D eigenvalue weighted by molar-refractivity contribution is 5.62. The van der Waals surface area contributed by atoms with Gasteiger partial charge in [-0.05, 0) is 24.3 Å². The highest BCUT2D eigenvalue weighted by atomic mass is 16.5. The van der Waals surface area contributed by atoms with Gasteiger partial charge in [0, 0.05) is 11.8 Å². The third-order valence-electron chi connectivity index (χ3n) is 2.69. The van der Waals surface area contributed by atoms with Gasteiger partial charge in [0.25, 0.3) is 6.01 Å². The zero-order chi connectivity index (χ0) is 14.5. The second-order valence-corrected chi connectivity index (χ2v) is 3.87. The van der Waals surface area contributed by atoms with Gasteiger partial charge in [0.15, 0.2) is 17.3 Å². The predicted molar refractivity (Wildman–Crippen MR) is 79.5 cm³/mol. The Balaban J connectivity index is 2.27. The van der Waals surface area contributed by atoms with Crippen molar-refractivity contribution in [1.29, 1.82) is 0 Å². The quantitative estimate of drug-likeness (QED) is 0.868. The molecule has 0 aliphatic rings. The molecule has 0 fully saturated rings. The minimum atomic E-state index is 0.363. The van der Waals surface area contributed by atoms with Crippen LogP contribution in [0.5, 0.6) is 11.5 Å². The standard InChI is InChI=1S/C15H16N2O3/c1-5-11-12(6-2)20-15(17-11)16-10-7-8-13(18-3)14(9-10)19-4/h5-9H,1-2H2,3-4H3,(H,16,17). The van der Waals surface area contributed by atoms with Crippen molar-refractivity contribution in [2.45, 2.75) is 0 Å². The van der Waals surface area contributed by atoms with Gasteiger partial charge in [0.1, 0.15) is 5.69 Å². The van der Waals surface area contributed by atoms with E-state index in [1.165, 1.54) is 0 Å². The van der Waals surface area contributed by atoms with Crippen LogP contribution in [0.4, 0.5) is 11.7 Å². The number of aromatic nitrogens is 1. The molecule has 1 aromatic heterocycles. The summed E-state index contributed by atoms with van der Waals surface area (Å²) in [5, 5.41) is 3.05. The number of ether oxygens (including phenoxy) is 2. The number of oxazole rings is 1. The third-order valence-corrected chi connectivity index (χ3v) is 2.69. The second-order valence-electron chi connectivity index (χ2n) is 3.87. The van der Waals surface area contributed by atoms with Crippen LogP contribution < -0.4 is 14.8 Å². The summed E-state index contributed by atoms with van der Waals surface area (Å²) in [6, 6.07) is 5.80. The highest BCUT2D eigenvalue weighted by Crippen LogP contribution is 2.31. The van der Waals surface area contributed by atoms with Crippen molar-refractivity contribution in [3.05, 3.63) is 42.8 Å². The Morgan fingerprint density at radius 1 is 1.15 bits per heavy atom. The SMILES string of the molecule is C=Cc1nc(Nc2ccc(OC)c(OC)c2)oc1C=C. The predicted octanol–water partition coefficient (Wildman–Crippen LogP) is 3.72. The Morgan fingerprint density at radius 2 is 1.90 bits per heavy atom. The molecule has 0 atom stereocenters. The average molecular weight is 272 g/mol. The van der Waals surface area contributed by atoms with Crippen molar-refractivity contribution in [1.82, 2.24) is 4.98 Å². The summed E-state index contributed by atoms with van der Waals surface area (Å²) in [6.07, 6.45) is 3.20. The van der Waals surface area contributed by atoms with Crippen molar-refractivity contribution in [2.24, 2.45) is 0 Å². The van der Waals surface area contributed by atoms with Crippen molar-refractivity contribution >= 4 is 23.9 Å². The fourth-order valence-electron chi connectivity index (χ4n) is 1.73. The zero-order valence-corrected chi connectivity index (χ0v) is 11.5. The topological polar surface area (TPSA) is 56.5 Å². The minimum Gasteiger partial charge on any atom is -0.493 e. The molecule has 0 aliphatic carbocycles. The van der Waals surface area contributed by atoms with Crippen LogP contribution in [-0.4, -0.2) is 19.2 Å². The molecule has 0 spiro atoms. The van der Waals surface area contributed by atoms with Crippen LogP contribution in [0, 0.1) is 0 Å². The molecule has 20 heavy (non-hydrogen) atoms. The maximum Gasteiger partial charge on any atom is 0.300 e. The van der Waals surface area contributed by atoms with Crippen LogP contribution in [0.3, 0.4) is 0 Å². The van der Waals surface area contributed by atoms with Crippen molar-refractivity contribution < 1.29 is 13.9 Å². The third kappa shape index (κ3) is 2.66. The van der Waals surface area contributed by atoms with Gasteiger partial charge in [-0.15, -0.1) is 0 Å². The lowest BCUT2D eigenvalue weighted by Gasteiger charge is -2.09. The molecule has 0 amide bonds. The van der Waals surface area contributed by atoms with Crippen molar-refractivity contribution in [3.8, 4) is 11.5 Å². The summed E-state index contributed by atoms with van der Waals surface area (Å²) in [7, 11) is 3.17. The molecule has 5 nitrogen and oxygen atoms in total. The Hall–Kier alpha value is -2.69. The van der Waals surface area contributed by atoms with E-state index in [0.29, 0.717) is 29.0 Å². The summed E-state index contributed by atoms with van der Waals surface area (Å²) < 4.78 is 15.9. The molecule has 5 heteroatoms. The van der Waals surface area contributed by atoms with Gasteiger partial charge in [-0.3, -0.25) is 0 Å². The Labute approximate surface area is 117 Å². The van der Waals surface area contributed by atoms with E-state index < -0.39 is 0 Å². The molecule has 2 aromatic rings. The number of nitrogens with one attached hydrogen (secondary N) is 1. The molecule has 1 heterocycles. The first-order valence-electron chi connectivity index (χ1n) is 5.96. The number of benzene rings is 1. The van der Waals surface area contributed by atoms with Crippen molar-refractivity contribution in [3.63, 3.8) is 0 Å². The Kier molecular flexibility index (Phi) is 4.10. The van der Waals surface area contributed by atoms with E-state index in [-0.39, 0.29) is 0 Å². The van der Waals surface area contributed by atoms with E-state index in [1.807, 2.05) is 6.07 Å². The minimum absolute atomic E-state index is 0.363. The van der Waals surface area contributed by atoms with Crippen LogP contribution in [0.2, 0.25) is 0 Å². The first-order chi connectivity index (χ1) is 9.71. The van der Waals surface area contributed by atoms with Gasteiger partial charge < -0.3 is 19.2 Å². The van der Waals surface area contributed by atoms with Crippen LogP contribution in [0.25, 0.3) is 12.2 Å². The molecule has 0 aliphatic heterocycles. The Bertz CT molecular complexity index is 607. The summed E-state index contributed by atoms with van der Waals surface area (Å²) in [4.78, 5) is 4.25. The van der Waals surface area contributed by atoms with E-state index in [4.69, 9.17) is 13.9 Å². The molecule has 104 valence electrons. The summed E-state index contributed by atoms with van der Waals surface area (Å²) in [5.74, 6) is 1.85. The highest BCUT2D eigenvalue weighted by Gasteiger charge is 2.10. The summed E-state index contributed by atoms with van der Waals surface area (Å²) in [5.41, 5.74) is 1.41. The average Bonchev–Trinajstić information content (AvgIpc) is 2.89. The number of anilines is 2. The molecule has 0 bridgehead atoms. The van der Waals surface area contributed by atoms with Crippen LogP contribution in [-0.2, 0) is 0 Å². The largest absolute Gasteiger partial charge is 0.493 e. The lowest BCUT2D eigenvalue weighted by Crippen LogP contribution is -1.94. The molecule has 1 aromatic carbocycles. The van der Waals surface area contributed by atoms with E-state index in [1.54, 1.807) is 38.5 Å². The molecule has 0 radical (unpaired) electrons. The first kappa shape index (κ1) is 13.7. The van der Waals surface area contributed by atoms with E-state index >= 15 is 0 Å². The maximum atomic E-state index is 5.51. The van der Waals surface area contributed by atoms with Gasteiger partial charge in [0.05, 0.1) is 14.2 Å². The lowest BCUT2D eigenvalue weighted by molar-refractivity contribution is 0.355. The van der Waals surface area contributed by atoms with E-state index in [0.717, 1.165) is 5.69 Å². The molecular weight excluding hydrogens is 256 g/mol. The van der Waals surface area contributed by atoms with Gasteiger partial charge in [0.2, 0.25) is 0 Å². The molecular formula is C15H16N2O3. The van der Waals surface area contributed by atoms with Gasteiger partial charge in [-0.2, -0.15) is 4.98 Å². The molecule has 1 N–H and O–H groups in total. The van der Waals surface area contributed by atoms with Crippen LogP contribution in [0.15, 0.2) is 35.8 Å². The van der Waals surface area contributed by atoms with E-state index in [9.17, 15) is 0 Å². The number of hydrogen-bond acceptors (Lipinski definition) is 5. The zero-order valence-electron chi connectivity index (χ0n) is 11.5. The van der Waals surface area contributed by atoms with Gasteiger partial charge in [-0.1, -0.05) is 13.2 Å². The Morgan fingerprint density at radius 3 is 2.45 bits per heavy atom. The molecule has 0 saturated carbocycles. The van der Waals surface area contributed by atoms with Crippen LogP contribution in [0.1, 0.15) is 11.5 Å². The number of methoxy groups -OCH3 is 2. The normalized spacial score (nSPS) is 9.90. The van der Waals surface area contributed by atoms with E-state index in [2.05, 4.69) is 23.5 Å². The molecule has 0 unspecified atom stereocenters. The monoisotopic (exact) mass is 272 g/mol. The number of rotatable bonds is 6. The van der Waals surface area contributed by atoms with Gasteiger partial charge in [-0.25, -0.2) is 0 Å². The summed E-state index contributed by atoms with van der Waals surface area (Å²) in [6.45, 7) is 7.34. The number of hydrogen-bond donors (Lipinski definition) is 1. The first-order valence-corrected chi connectivity index (χ1v) is 5.96. The maximum absolute atomic E-state index is 5.51.